The van der Waals surface area contributed by atoms with Crippen LogP contribution in [-0.4, -0.2) is 0 Å². The topological polar surface area (TPSA) is 38.0 Å². The lowest BCUT2D eigenvalue weighted by Gasteiger charge is -2.08. The third-order valence-electron chi connectivity index (χ3n) is 2.07. The molecule has 0 atom stereocenters. The van der Waals surface area contributed by atoms with E-state index in [2.05, 4.69) is 5.32 Å². The van der Waals surface area contributed by atoms with Crippen LogP contribution in [0.2, 0.25) is 5.02 Å². The molecule has 0 bridgehead atoms. The van der Waals surface area contributed by atoms with Gasteiger partial charge in [-0.05, 0) is 36.4 Å². The Hall–Kier alpha value is -1.81. The summed E-state index contributed by atoms with van der Waals surface area (Å²) in [6.45, 7) is 0. The molecule has 0 aromatic heterocycles. The van der Waals surface area contributed by atoms with Gasteiger partial charge in [0.15, 0.2) is 0 Å². The average Bonchev–Trinajstić information content (AvgIpc) is 2.13. The molecule has 0 aliphatic rings. The molecule has 0 aliphatic heterocycles. The van der Waals surface area contributed by atoms with Gasteiger partial charge in [-0.2, -0.15) is 0 Å². The van der Waals surface area contributed by atoms with Crippen molar-refractivity contribution < 1.29 is 8.78 Å². The van der Waals surface area contributed by atoms with Crippen molar-refractivity contribution in [1.82, 2.24) is 0 Å². The molecule has 88 valence electrons. The van der Waals surface area contributed by atoms with Crippen molar-refractivity contribution >= 4 is 28.7 Å². The van der Waals surface area contributed by atoms with Gasteiger partial charge in [0, 0.05) is 22.1 Å². The number of anilines is 3. The zero-order chi connectivity index (χ0) is 12.4. The highest BCUT2D eigenvalue weighted by Crippen LogP contribution is 2.23. The molecule has 2 nitrogen and oxygen atoms in total. The number of nitrogens with two attached hydrogens (primary N) is 1. The third-order valence-corrected chi connectivity index (χ3v) is 2.29. The Kier molecular flexibility index (Phi) is 3.15. The fraction of sp³-hybridized carbons (Fsp3) is 0. The summed E-state index contributed by atoms with van der Waals surface area (Å²) < 4.78 is 26.1. The lowest BCUT2D eigenvalue weighted by Crippen LogP contribution is -1.94. The molecule has 0 amide bonds. The molecular formula is C12H9ClF2N2. The minimum Gasteiger partial charge on any atom is -0.399 e. The normalized spacial score (nSPS) is 10.3. The van der Waals surface area contributed by atoms with E-state index in [1.807, 2.05) is 0 Å². The fourth-order valence-corrected chi connectivity index (χ4v) is 1.70. The van der Waals surface area contributed by atoms with Crippen molar-refractivity contribution in [2.75, 3.05) is 11.1 Å². The Balaban J connectivity index is 2.31. The first-order chi connectivity index (χ1) is 8.02. The Bertz CT molecular complexity index is 468. The van der Waals surface area contributed by atoms with Gasteiger partial charge in [0.25, 0.3) is 0 Å². The van der Waals surface area contributed by atoms with Gasteiger partial charge < -0.3 is 11.1 Å². The predicted octanol–water partition coefficient (Wildman–Crippen LogP) is 3.94. The van der Waals surface area contributed by atoms with Gasteiger partial charge in [-0.25, -0.2) is 8.78 Å². The quantitative estimate of drug-likeness (QED) is 0.797. The van der Waals surface area contributed by atoms with Crippen LogP contribution in [0, 0.1) is 11.6 Å². The van der Waals surface area contributed by atoms with E-state index in [1.165, 1.54) is 30.3 Å². The molecule has 17 heavy (non-hydrogen) atoms. The molecule has 0 unspecified atom stereocenters. The maximum atomic E-state index is 13.1. The fourth-order valence-electron chi connectivity index (χ4n) is 1.48. The molecule has 2 rings (SSSR count). The van der Waals surface area contributed by atoms with E-state index < -0.39 is 11.6 Å². The largest absolute Gasteiger partial charge is 0.399 e. The van der Waals surface area contributed by atoms with Crippen molar-refractivity contribution in [2.45, 2.75) is 0 Å². The zero-order valence-electron chi connectivity index (χ0n) is 8.68. The highest BCUT2D eigenvalue weighted by atomic mass is 35.5. The second-order valence-electron chi connectivity index (χ2n) is 3.56. The summed E-state index contributed by atoms with van der Waals surface area (Å²) in [5, 5.41) is 3.08. The average molecular weight is 255 g/mol. The number of nitrogens with one attached hydrogen (secondary N) is 1. The first-order valence-corrected chi connectivity index (χ1v) is 5.20. The summed E-state index contributed by atoms with van der Waals surface area (Å²) >= 11 is 5.70. The van der Waals surface area contributed by atoms with E-state index in [-0.39, 0.29) is 10.7 Å². The van der Waals surface area contributed by atoms with Crippen LogP contribution in [-0.2, 0) is 0 Å². The summed E-state index contributed by atoms with van der Waals surface area (Å²) in [6.07, 6.45) is 0. The molecule has 0 heterocycles. The van der Waals surface area contributed by atoms with Crippen LogP contribution < -0.4 is 11.1 Å². The van der Waals surface area contributed by atoms with Crippen molar-refractivity contribution in [3.8, 4) is 0 Å². The van der Waals surface area contributed by atoms with E-state index in [0.717, 1.165) is 0 Å². The minimum atomic E-state index is -0.468. The molecule has 0 fully saturated rings. The highest BCUT2D eigenvalue weighted by molar-refractivity contribution is 6.30. The summed E-state index contributed by atoms with van der Waals surface area (Å²) in [7, 11) is 0. The number of nitrogen functional groups attached to an aromatic ring is 1. The summed E-state index contributed by atoms with van der Waals surface area (Å²) in [5.74, 6) is -0.931. The molecule has 0 radical (unpaired) electrons. The van der Waals surface area contributed by atoms with E-state index in [4.69, 9.17) is 17.3 Å². The van der Waals surface area contributed by atoms with Crippen LogP contribution >= 0.6 is 11.6 Å². The minimum absolute atomic E-state index is 0.261. The van der Waals surface area contributed by atoms with E-state index in [9.17, 15) is 8.78 Å². The van der Waals surface area contributed by atoms with Gasteiger partial charge in [0.05, 0.1) is 0 Å². The standard InChI is InChI=1S/C12H9ClF2N2/c13-7-1-8(14)4-11(2-7)17-12-5-9(15)3-10(16)6-12/h1-6,17H,16H2. The third kappa shape index (κ3) is 3.07. The van der Waals surface area contributed by atoms with Crippen molar-refractivity contribution in [3.05, 3.63) is 53.1 Å². The Morgan fingerprint density at radius 2 is 1.47 bits per heavy atom. The van der Waals surface area contributed by atoms with E-state index in [1.54, 1.807) is 6.07 Å². The van der Waals surface area contributed by atoms with Gasteiger partial charge in [-0.3, -0.25) is 0 Å². The Morgan fingerprint density at radius 3 is 2.06 bits per heavy atom. The molecule has 0 aliphatic carbocycles. The van der Waals surface area contributed by atoms with Gasteiger partial charge in [0.2, 0.25) is 0 Å². The van der Waals surface area contributed by atoms with Crippen LogP contribution in [0.15, 0.2) is 36.4 Å². The molecule has 3 N–H and O–H groups in total. The van der Waals surface area contributed by atoms with Crippen LogP contribution in [0.4, 0.5) is 25.8 Å². The van der Waals surface area contributed by atoms with Crippen molar-refractivity contribution in [1.29, 1.82) is 0 Å². The van der Waals surface area contributed by atoms with Crippen molar-refractivity contribution in [3.63, 3.8) is 0 Å². The maximum Gasteiger partial charge on any atom is 0.127 e. The first-order valence-electron chi connectivity index (χ1n) is 4.82. The first kappa shape index (κ1) is 11.7. The van der Waals surface area contributed by atoms with E-state index in [0.29, 0.717) is 11.4 Å². The number of hydrogen-bond acceptors (Lipinski definition) is 2. The Labute approximate surface area is 102 Å². The molecule has 0 spiro atoms. The monoisotopic (exact) mass is 254 g/mol. The van der Waals surface area contributed by atoms with Crippen LogP contribution in [0.1, 0.15) is 0 Å². The van der Waals surface area contributed by atoms with Gasteiger partial charge in [-0.1, -0.05) is 11.6 Å². The highest BCUT2D eigenvalue weighted by Gasteiger charge is 2.02. The van der Waals surface area contributed by atoms with E-state index >= 15 is 0 Å². The summed E-state index contributed by atoms with van der Waals surface area (Å²) in [6, 6.07) is 7.98. The van der Waals surface area contributed by atoms with Crippen LogP contribution in [0.3, 0.4) is 0 Å². The van der Waals surface area contributed by atoms with Crippen LogP contribution in [0.25, 0.3) is 0 Å². The predicted molar refractivity (Wildman–Crippen MR) is 65.5 cm³/mol. The maximum absolute atomic E-state index is 13.1. The molecule has 5 heteroatoms. The molecular weight excluding hydrogens is 246 g/mol. The molecule has 2 aromatic rings. The number of rotatable bonds is 2. The second-order valence-corrected chi connectivity index (χ2v) is 3.99. The molecule has 0 saturated heterocycles. The lowest BCUT2D eigenvalue weighted by molar-refractivity contribution is 0.628. The number of halogens is 3. The second kappa shape index (κ2) is 4.59. The van der Waals surface area contributed by atoms with Gasteiger partial charge in [0.1, 0.15) is 11.6 Å². The van der Waals surface area contributed by atoms with Crippen LogP contribution in [0.5, 0.6) is 0 Å². The number of hydrogen-bond donors (Lipinski definition) is 2. The molecule has 2 aromatic carbocycles. The zero-order valence-corrected chi connectivity index (χ0v) is 9.43. The smallest absolute Gasteiger partial charge is 0.127 e. The summed E-state index contributed by atoms with van der Waals surface area (Å²) in [5.41, 5.74) is 6.64. The Morgan fingerprint density at radius 1 is 0.882 bits per heavy atom. The van der Waals surface area contributed by atoms with Crippen molar-refractivity contribution in [2.24, 2.45) is 0 Å². The summed E-state index contributed by atoms with van der Waals surface area (Å²) in [4.78, 5) is 0. The van der Waals surface area contributed by atoms with Gasteiger partial charge in [-0.15, -0.1) is 0 Å². The SMILES string of the molecule is Nc1cc(F)cc(Nc2cc(F)cc(Cl)c2)c1. The van der Waals surface area contributed by atoms with Gasteiger partial charge >= 0.3 is 0 Å². The number of benzene rings is 2. The molecule has 0 saturated carbocycles. The lowest BCUT2D eigenvalue weighted by atomic mass is 10.2.